The maximum absolute atomic E-state index is 9.18. The summed E-state index contributed by atoms with van der Waals surface area (Å²) < 4.78 is 0. The Morgan fingerprint density at radius 2 is 1.83 bits per heavy atom. The van der Waals surface area contributed by atoms with Gasteiger partial charge in [-0.05, 0) is 19.4 Å². The summed E-state index contributed by atoms with van der Waals surface area (Å²) in [7, 11) is -2.85. The van der Waals surface area contributed by atoms with Crippen molar-refractivity contribution in [3.05, 3.63) is 0 Å². The molecule has 0 spiro atoms. The van der Waals surface area contributed by atoms with Crippen LogP contribution in [0.25, 0.3) is 0 Å². The summed E-state index contributed by atoms with van der Waals surface area (Å²) in [5.74, 6) is 0. The number of rotatable bonds is 3. The van der Waals surface area contributed by atoms with E-state index in [2.05, 4.69) is 5.32 Å². The van der Waals surface area contributed by atoms with Gasteiger partial charge in [0.05, 0.1) is 0 Å². The molecular formula is C8H19NO2Si. The quantitative estimate of drug-likeness (QED) is 0.567. The molecule has 1 aliphatic rings. The van der Waals surface area contributed by atoms with Gasteiger partial charge in [-0.2, -0.15) is 0 Å². The first-order chi connectivity index (χ1) is 5.58. The van der Waals surface area contributed by atoms with E-state index in [1.165, 1.54) is 32.1 Å². The monoisotopic (exact) mass is 189 g/mol. The summed E-state index contributed by atoms with van der Waals surface area (Å²) in [6.07, 6.45) is 6.72. The zero-order valence-electron chi connectivity index (χ0n) is 7.71. The molecule has 0 bridgehead atoms. The van der Waals surface area contributed by atoms with E-state index in [1.807, 2.05) is 0 Å². The Labute approximate surface area is 75.1 Å². The lowest BCUT2D eigenvalue weighted by molar-refractivity contribution is 0.336. The zero-order valence-corrected chi connectivity index (χ0v) is 8.71. The first-order valence-corrected chi connectivity index (χ1v) is 7.36. The lowest BCUT2D eigenvalue weighted by Gasteiger charge is -2.24. The van der Waals surface area contributed by atoms with Crippen molar-refractivity contribution in [3.8, 4) is 0 Å². The normalized spacial score (nSPS) is 21.2. The van der Waals surface area contributed by atoms with Crippen LogP contribution in [0.1, 0.15) is 32.1 Å². The lowest BCUT2D eigenvalue weighted by Crippen LogP contribution is -2.47. The van der Waals surface area contributed by atoms with E-state index >= 15 is 0 Å². The molecule has 0 saturated heterocycles. The Bertz CT molecular complexity index is 130. The molecule has 0 radical (unpaired) electrons. The van der Waals surface area contributed by atoms with Gasteiger partial charge < -0.3 is 14.9 Å². The zero-order chi connectivity index (χ0) is 9.03. The molecule has 1 aliphatic carbocycles. The predicted molar refractivity (Wildman–Crippen MR) is 50.9 cm³/mol. The van der Waals surface area contributed by atoms with E-state index in [-0.39, 0.29) is 0 Å². The Kier molecular flexibility index (Phi) is 3.70. The first kappa shape index (κ1) is 10.2. The van der Waals surface area contributed by atoms with E-state index in [0.717, 1.165) is 0 Å². The fraction of sp³-hybridized carbons (Fsp3) is 1.00. The summed E-state index contributed by atoms with van der Waals surface area (Å²) in [5.41, 5.74) is 0. The van der Waals surface area contributed by atoms with Gasteiger partial charge in [-0.25, -0.2) is 0 Å². The standard InChI is InChI=1S/C8H19NO2Si/c1-12(10,11)7-9-8-5-3-2-4-6-8/h8-11H,2-7H2,1H3. The van der Waals surface area contributed by atoms with Crippen LogP contribution in [0.15, 0.2) is 0 Å². The van der Waals surface area contributed by atoms with Crippen LogP contribution in [0, 0.1) is 0 Å². The molecule has 0 aromatic heterocycles. The van der Waals surface area contributed by atoms with Crippen LogP contribution in [0.3, 0.4) is 0 Å². The van der Waals surface area contributed by atoms with Gasteiger partial charge in [0.2, 0.25) is 0 Å². The maximum Gasteiger partial charge on any atom is 0.343 e. The SMILES string of the molecule is C[Si](O)(O)CNC1CCCCC1. The highest BCUT2D eigenvalue weighted by Gasteiger charge is 2.23. The van der Waals surface area contributed by atoms with Gasteiger partial charge in [0.15, 0.2) is 0 Å². The highest BCUT2D eigenvalue weighted by molar-refractivity contribution is 6.63. The molecule has 0 heterocycles. The van der Waals surface area contributed by atoms with E-state index in [9.17, 15) is 9.59 Å². The molecule has 0 unspecified atom stereocenters. The summed E-state index contributed by atoms with van der Waals surface area (Å²) in [6.45, 7) is 1.54. The number of nitrogens with one attached hydrogen (secondary N) is 1. The largest absolute Gasteiger partial charge is 0.410 e. The van der Waals surface area contributed by atoms with Crippen molar-refractivity contribution >= 4 is 8.56 Å². The molecule has 0 aromatic rings. The molecule has 3 N–H and O–H groups in total. The van der Waals surface area contributed by atoms with E-state index in [0.29, 0.717) is 12.2 Å². The average Bonchev–Trinajstić information content (AvgIpc) is 2.02. The van der Waals surface area contributed by atoms with Crippen LogP contribution in [-0.4, -0.2) is 30.4 Å². The topological polar surface area (TPSA) is 52.5 Å². The van der Waals surface area contributed by atoms with Gasteiger partial charge in [0.1, 0.15) is 0 Å². The first-order valence-electron chi connectivity index (χ1n) is 4.76. The molecular weight excluding hydrogens is 170 g/mol. The van der Waals surface area contributed by atoms with Gasteiger partial charge in [0.25, 0.3) is 0 Å². The molecule has 3 nitrogen and oxygen atoms in total. The predicted octanol–water partition coefficient (Wildman–Crippen LogP) is 0.504. The molecule has 12 heavy (non-hydrogen) atoms. The molecule has 1 rings (SSSR count). The average molecular weight is 189 g/mol. The van der Waals surface area contributed by atoms with Crippen LogP contribution in [0.2, 0.25) is 6.55 Å². The van der Waals surface area contributed by atoms with Gasteiger partial charge in [-0.3, -0.25) is 0 Å². The van der Waals surface area contributed by atoms with Crippen molar-refractivity contribution in [1.29, 1.82) is 0 Å². The summed E-state index contributed by atoms with van der Waals surface area (Å²) >= 11 is 0. The molecule has 0 aromatic carbocycles. The van der Waals surface area contributed by atoms with Gasteiger partial charge in [-0.15, -0.1) is 0 Å². The van der Waals surface area contributed by atoms with Crippen molar-refractivity contribution in [2.24, 2.45) is 0 Å². The lowest BCUT2D eigenvalue weighted by atomic mass is 9.96. The highest BCUT2D eigenvalue weighted by Crippen LogP contribution is 2.17. The molecule has 0 aliphatic heterocycles. The maximum atomic E-state index is 9.18. The summed E-state index contributed by atoms with van der Waals surface area (Å²) in [5, 5.41) is 3.22. The summed E-state index contributed by atoms with van der Waals surface area (Å²) in [4.78, 5) is 18.4. The molecule has 0 amide bonds. The molecule has 4 heteroatoms. The van der Waals surface area contributed by atoms with Crippen molar-refractivity contribution < 1.29 is 9.59 Å². The smallest absolute Gasteiger partial charge is 0.343 e. The van der Waals surface area contributed by atoms with Crippen LogP contribution < -0.4 is 5.32 Å². The fourth-order valence-corrected chi connectivity index (χ4v) is 2.32. The molecule has 1 saturated carbocycles. The van der Waals surface area contributed by atoms with Crippen molar-refractivity contribution in [3.63, 3.8) is 0 Å². The molecule has 1 fully saturated rings. The van der Waals surface area contributed by atoms with E-state index in [1.54, 1.807) is 6.55 Å². The Morgan fingerprint density at radius 3 is 2.33 bits per heavy atom. The summed E-state index contributed by atoms with van der Waals surface area (Å²) in [6, 6.07) is 0.532. The number of hydrogen-bond donors (Lipinski definition) is 3. The van der Waals surface area contributed by atoms with E-state index in [4.69, 9.17) is 0 Å². The van der Waals surface area contributed by atoms with Crippen LogP contribution in [0.5, 0.6) is 0 Å². The third-order valence-electron chi connectivity index (χ3n) is 2.33. The second-order valence-electron chi connectivity index (χ2n) is 3.93. The second kappa shape index (κ2) is 4.37. The highest BCUT2D eigenvalue weighted by atomic mass is 28.4. The van der Waals surface area contributed by atoms with Crippen molar-refractivity contribution in [2.45, 2.75) is 44.7 Å². The van der Waals surface area contributed by atoms with Gasteiger partial charge in [-0.1, -0.05) is 19.3 Å². The fourth-order valence-electron chi connectivity index (χ4n) is 1.64. The minimum Gasteiger partial charge on any atom is -0.410 e. The third-order valence-corrected chi connectivity index (χ3v) is 3.20. The Morgan fingerprint density at radius 1 is 1.25 bits per heavy atom. The molecule has 0 atom stereocenters. The Hall–Kier alpha value is 0.0969. The number of hydrogen-bond acceptors (Lipinski definition) is 3. The minimum absolute atomic E-state index is 0.414. The van der Waals surface area contributed by atoms with Crippen LogP contribution in [0.4, 0.5) is 0 Å². The third kappa shape index (κ3) is 4.20. The van der Waals surface area contributed by atoms with Crippen molar-refractivity contribution in [2.75, 3.05) is 6.17 Å². The van der Waals surface area contributed by atoms with Gasteiger partial charge >= 0.3 is 8.56 Å². The van der Waals surface area contributed by atoms with Gasteiger partial charge in [0, 0.05) is 12.2 Å². The van der Waals surface area contributed by atoms with Crippen molar-refractivity contribution in [1.82, 2.24) is 5.32 Å². The Balaban J connectivity index is 2.13. The van der Waals surface area contributed by atoms with Crippen LogP contribution in [-0.2, 0) is 0 Å². The minimum atomic E-state index is -2.85. The molecule has 72 valence electrons. The van der Waals surface area contributed by atoms with Crippen LogP contribution >= 0.6 is 0 Å². The second-order valence-corrected chi connectivity index (χ2v) is 6.72. The van der Waals surface area contributed by atoms with E-state index < -0.39 is 8.56 Å².